The van der Waals surface area contributed by atoms with Crippen molar-refractivity contribution < 1.29 is 0 Å². The summed E-state index contributed by atoms with van der Waals surface area (Å²) in [6.07, 6.45) is 0. The van der Waals surface area contributed by atoms with Crippen molar-refractivity contribution in [1.29, 1.82) is 0 Å². The van der Waals surface area contributed by atoms with Crippen LogP contribution < -0.4 is 5.01 Å². The van der Waals surface area contributed by atoms with Crippen LogP contribution in [-0.2, 0) is 0 Å². The smallest absolute Gasteiger partial charge is 0.121 e. The van der Waals surface area contributed by atoms with Crippen LogP contribution in [0.5, 0.6) is 0 Å². The third-order valence-electron chi connectivity index (χ3n) is 2.07. The highest BCUT2D eigenvalue weighted by molar-refractivity contribution is 5.80. The van der Waals surface area contributed by atoms with E-state index in [1.54, 1.807) is 0 Å². The van der Waals surface area contributed by atoms with Crippen molar-refractivity contribution >= 4 is 11.5 Å². The van der Waals surface area contributed by atoms with E-state index < -0.39 is 0 Å². The third-order valence-corrected chi connectivity index (χ3v) is 2.07. The Morgan fingerprint density at radius 2 is 1.64 bits per heavy atom. The van der Waals surface area contributed by atoms with Crippen LogP contribution in [0, 0.1) is 0 Å². The first-order valence-electron chi connectivity index (χ1n) is 4.62. The van der Waals surface area contributed by atoms with E-state index in [9.17, 15) is 0 Å². The maximum absolute atomic E-state index is 4.42. The standard InChI is InChI=1S/C11H17N3/c1-10(13(2)3)12-14(4)11-8-6-5-7-9-11/h5-9H,1-4H3/b12-10+. The van der Waals surface area contributed by atoms with E-state index in [1.165, 1.54) is 0 Å². The SMILES string of the molecule is C/C(=N\N(C)c1ccccc1)N(C)C. The van der Waals surface area contributed by atoms with Crippen LogP contribution in [0.3, 0.4) is 0 Å². The van der Waals surface area contributed by atoms with E-state index in [0.29, 0.717) is 0 Å². The van der Waals surface area contributed by atoms with Crippen molar-refractivity contribution in [2.45, 2.75) is 6.92 Å². The third kappa shape index (κ3) is 2.76. The zero-order valence-electron chi connectivity index (χ0n) is 9.23. The number of hydrogen-bond donors (Lipinski definition) is 0. The quantitative estimate of drug-likeness (QED) is 0.404. The number of anilines is 1. The van der Waals surface area contributed by atoms with Gasteiger partial charge in [0.1, 0.15) is 5.84 Å². The summed E-state index contributed by atoms with van der Waals surface area (Å²) in [5, 5.41) is 6.29. The molecular weight excluding hydrogens is 174 g/mol. The molecule has 0 unspecified atom stereocenters. The molecule has 0 N–H and O–H groups in total. The monoisotopic (exact) mass is 191 g/mol. The first kappa shape index (κ1) is 10.6. The predicted octanol–water partition coefficient (Wildman–Crippen LogP) is 2.02. The minimum Gasteiger partial charge on any atom is -0.365 e. The minimum absolute atomic E-state index is 0.983. The van der Waals surface area contributed by atoms with Crippen molar-refractivity contribution in [3.8, 4) is 0 Å². The molecule has 14 heavy (non-hydrogen) atoms. The lowest BCUT2D eigenvalue weighted by molar-refractivity contribution is 0.613. The number of hydrogen-bond acceptors (Lipinski definition) is 2. The van der Waals surface area contributed by atoms with Crippen molar-refractivity contribution in [2.75, 3.05) is 26.2 Å². The van der Waals surface area contributed by atoms with Crippen LogP contribution in [0.15, 0.2) is 35.4 Å². The fourth-order valence-corrected chi connectivity index (χ4v) is 1.01. The van der Waals surface area contributed by atoms with Crippen molar-refractivity contribution in [1.82, 2.24) is 4.90 Å². The lowest BCUT2D eigenvalue weighted by Gasteiger charge is -2.17. The van der Waals surface area contributed by atoms with Gasteiger partial charge in [0, 0.05) is 21.1 Å². The van der Waals surface area contributed by atoms with Crippen LogP contribution in [0.2, 0.25) is 0 Å². The maximum Gasteiger partial charge on any atom is 0.121 e. The Morgan fingerprint density at radius 1 is 1.07 bits per heavy atom. The molecule has 0 saturated heterocycles. The largest absolute Gasteiger partial charge is 0.365 e. The molecule has 0 bridgehead atoms. The summed E-state index contributed by atoms with van der Waals surface area (Å²) in [5.41, 5.74) is 1.09. The van der Waals surface area contributed by atoms with Gasteiger partial charge in [-0.1, -0.05) is 18.2 Å². The average Bonchev–Trinajstić information content (AvgIpc) is 2.19. The van der Waals surface area contributed by atoms with E-state index in [0.717, 1.165) is 11.5 Å². The molecule has 0 fully saturated rings. The zero-order valence-corrected chi connectivity index (χ0v) is 9.23. The topological polar surface area (TPSA) is 18.8 Å². The summed E-state index contributed by atoms with van der Waals surface area (Å²) in [6.45, 7) is 1.99. The maximum atomic E-state index is 4.42. The molecule has 0 aromatic heterocycles. The van der Waals surface area contributed by atoms with E-state index in [4.69, 9.17) is 0 Å². The molecule has 0 heterocycles. The van der Waals surface area contributed by atoms with Crippen LogP contribution in [0.1, 0.15) is 6.92 Å². The number of rotatable bonds is 2. The number of hydrazone groups is 1. The number of nitrogens with zero attached hydrogens (tertiary/aromatic N) is 3. The molecule has 1 aromatic rings. The average molecular weight is 191 g/mol. The van der Waals surface area contributed by atoms with Crippen LogP contribution >= 0.6 is 0 Å². The molecule has 0 spiro atoms. The van der Waals surface area contributed by atoms with Gasteiger partial charge in [-0.25, -0.2) is 0 Å². The van der Waals surface area contributed by atoms with Gasteiger partial charge in [0.05, 0.1) is 5.69 Å². The van der Waals surface area contributed by atoms with Crippen LogP contribution in [0.25, 0.3) is 0 Å². The van der Waals surface area contributed by atoms with Gasteiger partial charge in [-0.05, 0) is 19.1 Å². The van der Waals surface area contributed by atoms with E-state index in [2.05, 4.69) is 5.10 Å². The second kappa shape index (κ2) is 4.65. The van der Waals surface area contributed by atoms with Gasteiger partial charge in [-0.3, -0.25) is 5.01 Å². The molecule has 3 nitrogen and oxygen atoms in total. The predicted molar refractivity (Wildman–Crippen MR) is 61.6 cm³/mol. The molecule has 0 saturated carbocycles. The Labute approximate surface area is 85.6 Å². The summed E-state index contributed by atoms with van der Waals surface area (Å²) in [6, 6.07) is 10.1. The van der Waals surface area contributed by atoms with Crippen LogP contribution in [0.4, 0.5) is 5.69 Å². The van der Waals surface area contributed by atoms with Crippen molar-refractivity contribution in [3.05, 3.63) is 30.3 Å². The number of benzene rings is 1. The van der Waals surface area contributed by atoms with Gasteiger partial charge in [0.25, 0.3) is 0 Å². The Morgan fingerprint density at radius 3 is 2.14 bits per heavy atom. The number of amidine groups is 1. The van der Waals surface area contributed by atoms with Gasteiger partial charge >= 0.3 is 0 Å². The van der Waals surface area contributed by atoms with Gasteiger partial charge in [-0.15, -0.1) is 0 Å². The Kier molecular flexibility index (Phi) is 3.51. The lowest BCUT2D eigenvalue weighted by Crippen LogP contribution is -2.22. The summed E-state index contributed by atoms with van der Waals surface area (Å²) >= 11 is 0. The first-order valence-corrected chi connectivity index (χ1v) is 4.62. The Bertz CT molecular complexity index is 304. The molecule has 1 aromatic carbocycles. The first-order chi connectivity index (χ1) is 6.61. The van der Waals surface area contributed by atoms with E-state index >= 15 is 0 Å². The summed E-state index contributed by atoms with van der Waals surface area (Å²) < 4.78 is 0. The summed E-state index contributed by atoms with van der Waals surface area (Å²) in [7, 11) is 5.91. The van der Waals surface area contributed by atoms with E-state index in [-0.39, 0.29) is 0 Å². The highest BCUT2D eigenvalue weighted by atomic mass is 15.5. The van der Waals surface area contributed by atoms with Gasteiger partial charge in [0.15, 0.2) is 0 Å². The van der Waals surface area contributed by atoms with Crippen molar-refractivity contribution in [3.63, 3.8) is 0 Å². The van der Waals surface area contributed by atoms with Gasteiger partial charge < -0.3 is 4.90 Å². The highest BCUT2D eigenvalue weighted by Gasteiger charge is 1.98. The van der Waals surface area contributed by atoms with E-state index in [1.807, 2.05) is 68.3 Å². The second-order valence-electron chi connectivity index (χ2n) is 3.40. The lowest BCUT2D eigenvalue weighted by atomic mass is 10.3. The molecule has 0 atom stereocenters. The molecule has 0 amide bonds. The fraction of sp³-hybridized carbons (Fsp3) is 0.364. The fourth-order valence-electron chi connectivity index (χ4n) is 1.01. The Hall–Kier alpha value is -1.51. The van der Waals surface area contributed by atoms with Gasteiger partial charge in [-0.2, -0.15) is 5.10 Å². The molecule has 1 rings (SSSR count). The molecule has 3 heteroatoms. The normalized spacial score (nSPS) is 11.3. The molecular formula is C11H17N3. The van der Waals surface area contributed by atoms with Gasteiger partial charge in [0.2, 0.25) is 0 Å². The second-order valence-corrected chi connectivity index (χ2v) is 3.40. The highest BCUT2D eigenvalue weighted by Crippen LogP contribution is 2.11. The minimum atomic E-state index is 0.983. The molecule has 0 aliphatic rings. The molecule has 0 aliphatic carbocycles. The summed E-state index contributed by atoms with van der Waals surface area (Å²) in [4.78, 5) is 1.99. The molecule has 76 valence electrons. The zero-order chi connectivity index (χ0) is 10.6. The summed E-state index contributed by atoms with van der Waals surface area (Å²) in [5.74, 6) is 0.983. The molecule has 0 radical (unpaired) electrons. The molecule has 0 aliphatic heterocycles. The Balaban J connectivity index is 2.77. The number of para-hydroxylation sites is 1. The van der Waals surface area contributed by atoms with Crippen LogP contribution in [-0.4, -0.2) is 31.9 Å². The van der Waals surface area contributed by atoms with Crippen molar-refractivity contribution in [2.24, 2.45) is 5.10 Å².